The van der Waals surface area contributed by atoms with Crippen molar-refractivity contribution in [2.45, 2.75) is 33.2 Å². The lowest BCUT2D eigenvalue weighted by molar-refractivity contribution is 0.144. The zero-order valence-electron chi connectivity index (χ0n) is 16.6. The molecule has 2 aromatic rings. The number of ether oxygens (including phenoxy) is 1. The van der Waals surface area contributed by atoms with Crippen LogP contribution in [0.25, 0.3) is 11.3 Å². The van der Waals surface area contributed by atoms with E-state index in [0.29, 0.717) is 6.54 Å². The van der Waals surface area contributed by atoms with Crippen LogP contribution in [-0.4, -0.2) is 54.2 Å². The van der Waals surface area contributed by atoms with E-state index < -0.39 is 0 Å². The highest BCUT2D eigenvalue weighted by Gasteiger charge is 2.09. The molecule has 1 aromatic heterocycles. The molecular weight excluding hydrogens is 453 g/mol. The third-order valence-electron chi connectivity index (χ3n) is 3.96. The molecule has 0 unspecified atom stereocenters. The van der Waals surface area contributed by atoms with Gasteiger partial charge in [0.2, 0.25) is 0 Å². The lowest BCUT2D eigenvalue weighted by atomic mass is 10.2. The SMILES string of the molecule is CCNC(=NCCCCOCC)N(C)Cc1ncc(-c2ccccc2)[nH]1.I. The highest BCUT2D eigenvalue weighted by Crippen LogP contribution is 2.16. The van der Waals surface area contributed by atoms with Crippen LogP contribution < -0.4 is 5.32 Å². The molecule has 0 aliphatic carbocycles. The van der Waals surface area contributed by atoms with Gasteiger partial charge in [0.15, 0.2) is 5.96 Å². The van der Waals surface area contributed by atoms with Gasteiger partial charge in [0, 0.05) is 33.4 Å². The van der Waals surface area contributed by atoms with Crippen molar-refractivity contribution >= 4 is 29.9 Å². The van der Waals surface area contributed by atoms with Crippen LogP contribution in [-0.2, 0) is 11.3 Å². The number of imidazole rings is 1. The molecule has 0 atom stereocenters. The smallest absolute Gasteiger partial charge is 0.194 e. The van der Waals surface area contributed by atoms with Crippen LogP contribution in [0.1, 0.15) is 32.5 Å². The fraction of sp³-hybridized carbons (Fsp3) is 0.500. The molecule has 0 saturated carbocycles. The Morgan fingerprint density at radius 1 is 1.22 bits per heavy atom. The molecule has 2 rings (SSSR count). The Bertz CT molecular complexity index is 659. The van der Waals surface area contributed by atoms with E-state index in [1.165, 1.54) is 0 Å². The zero-order valence-corrected chi connectivity index (χ0v) is 18.9. The van der Waals surface area contributed by atoms with Gasteiger partial charge in [-0.2, -0.15) is 0 Å². The van der Waals surface area contributed by atoms with E-state index in [9.17, 15) is 0 Å². The van der Waals surface area contributed by atoms with E-state index in [2.05, 4.69) is 39.2 Å². The second-order valence-corrected chi connectivity index (χ2v) is 6.11. The molecule has 0 spiro atoms. The van der Waals surface area contributed by atoms with E-state index in [-0.39, 0.29) is 24.0 Å². The summed E-state index contributed by atoms with van der Waals surface area (Å²) in [4.78, 5) is 14.7. The standard InChI is InChI=1S/C20H31N5O.HI/c1-4-21-20(22-13-9-10-14-26-5-2)25(3)16-19-23-15-18(24-19)17-11-7-6-8-12-17;/h6-8,11-12,15H,4-5,9-10,13-14,16H2,1-3H3,(H,21,22)(H,23,24);1H. The summed E-state index contributed by atoms with van der Waals surface area (Å²) in [5.41, 5.74) is 2.18. The van der Waals surface area contributed by atoms with E-state index in [1.54, 1.807) is 0 Å². The molecular formula is C20H32IN5O. The molecule has 1 heterocycles. The number of halogens is 1. The average molecular weight is 485 g/mol. The average Bonchev–Trinajstić information content (AvgIpc) is 3.13. The summed E-state index contributed by atoms with van der Waals surface area (Å²) in [5, 5.41) is 3.35. The number of hydrogen-bond donors (Lipinski definition) is 2. The van der Waals surface area contributed by atoms with Gasteiger partial charge in [-0.05, 0) is 32.3 Å². The minimum absolute atomic E-state index is 0. The van der Waals surface area contributed by atoms with Crippen LogP contribution in [0.4, 0.5) is 0 Å². The third kappa shape index (κ3) is 8.30. The molecule has 0 bridgehead atoms. The topological polar surface area (TPSA) is 65.5 Å². The van der Waals surface area contributed by atoms with Gasteiger partial charge in [-0.15, -0.1) is 24.0 Å². The molecule has 0 aliphatic heterocycles. The number of nitrogens with one attached hydrogen (secondary N) is 2. The summed E-state index contributed by atoms with van der Waals surface area (Å²) in [6, 6.07) is 10.2. The van der Waals surface area contributed by atoms with Gasteiger partial charge in [-0.3, -0.25) is 4.99 Å². The molecule has 0 amide bonds. The molecule has 27 heavy (non-hydrogen) atoms. The lowest BCUT2D eigenvalue weighted by Gasteiger charge is -2.21. The number of aliphatic imine (C=N–C) groups is 1. The summed E-state index contributed by atoms with van der Waals surface area (Å²) < 4.78 is 5.37. The maximum absolute atomic E-state index is 5.37. The van der Waals surface area contributed by atoms with Crippen LogP contribution in [0.3, 0.4) is 0 Å². The number of aromatic nitrogens is 2. The number of guanidine groups is 1. The first-order chi connectivity index (χ1) is 12.7. The quantitative estimate of drug-likeness (QED) is 0.232. The van der Waals surface area contributed by atoms with Crippen LogP contribution in [0.5, 0.6) is 0 Å². The molecule has 1 aromatic carbocycles. The van der Waals surface area contributed by atoms with Crippen molar-refractivity contribution < 1.29 is 4.74 Å². The predicted molar refractivity (Wildman–Crippen MR) is 123 cm³/mol. The summed E-state index contributed by atoms with van der Waals surface area (Å²) in [7, 11) is 2.03. The number of aromatic amines is 1. The van der Waals surface area contributed by atoms with Crippen molar-refractivity contribution in [3.05, 3.63) is 42.4 Å². The van der Waals surface area contributed by atoms with Crippen molar-refractivity contribution in [2.75, 3.05) is 33.4 Å². The second-order valence-electron chi connectivity index (χ2n) is 6.11. The van der Waals surface area contributed by atoms with E-state index in [1.807, 2.05) is 38.4 Å². The zero-order chi connectivity index (χ0) is 18.6. The van der Waals surface area contributed by atoms with E-state index in [0.717, 1.165) is 62.2 Å². The molecule has 6 nitrogen and oxygen atoms in total. The van der Waals surface area contributed by atoms with Crippen LogP contribution >= 0.6 is 24.0 Å². The number of hydrogen-bond acceptors (Lipinski definition) is 3. The maximum Gasteiger partial charge on any atom is 0.194 e. The lowest BCUT2D eigenvalue weighted by Crippen LogP contribution is -2.38. The van der Waals surface area contributed by atoms with Gasteiger partial charge in [0.05, 0.1) is 18.4 Å². The van der Waals surface area contributed by atoms with Crippen molar-refractivity contribution in [2.24, 2.45) is 4.99 Å². The fourth-order valence-corrected chi connectivity index (χ4v) is 2.62. The van der Waals surface area contributed by atoms with Gasteiger partial charge in [-0.1, -0.05) is 30.3 Å². The Morgan fingerprint density at radius 2 is 2.00 bits per heavy atom. The number of H-pyrrole nitrogens is 1. The second kappa shape index (κ2) is 13.5. The summed E-state index contributed by atoms with van der Waals surface area (Å²) in [6.45, 7) is 8.02. The minimum atomic E-state index is 0. The van der Waals surface area contributed by atoms with Crippen molar-refractivity contribution in [3.63, 3.8) is 0 Å². The molecule has 0 saturated heterocycles. The van der Waals surface area contributed by atoms with Crippen LogP contribution in [0, 0.1) is 0 Å². The van der Waals surface area contributed by atoms with Gasteiger partial charge in [-0.25, -0.2) is 4.98 Å². The van der Waals surface area contributed by atoms with E-state index in [4.69, 9.17) is 9.73 Å². The van der Waals surface area contributed by atoms with Gasteiger partial charge >= 0.3 is 0 Å². The molecule has 2 N–H and O–H groups in total. The van der Waals surface area contributed by atoms with Crippen LogP contribution in [0.15, 0.2) is 41.5 Å². The van der Waals surface area contributed by atoms with Crippen molar-refractivity contribution in [1.29, 1.82) is 0 Å². The number of nitrogens with zero attached hydrogens (tertiary/aromatic N) is 3. The molecule has 0 aliphatic rings. The Morgan fingerprint density at radius 3 is 2.70 bits per heavy atom. The highest BCUT2D eigenvalue weighted by atomic mass is 127. The molecule has 0 radical (unpaired) electrons. The maximum atomic E-state index is 5.37. The normalized spacial score (nSPS) is 11.1. The monoisotopic (exact) mass is 485 g/mol. The Hall–Kier alpha value is -1.61. The Balaban J connectivity index is 0.00000364. The molecule has 150 valence electrons. The van der Waals surface area contributed by atoms with Gasteiger partial charge in [0.1, 0.15) is 5.82 Å². The minimum Gasteiger partial charge on any atom is -0.382 e. The van der Waals surface area contributed by atoms with Crippen molar-refractivity contribution in [1.82, 2.24) is 20.2 Å². The molecule has 0 fully saturated rings. The fourth-order valence-electron chi connectivity index (χ4n) is 2.62. The number of unbranched alkanes of at least 4 members (excludes halogenated alkanes) is 1. The Labute approximate surface area is 179 Å². The van der Waals surface area contributed by atoms with Crippen LogP contribution in [0.2, 0.25) is 0 Å². The summed E-state index contributed by atoms with van der Waals surface area (Å²) in [6.07, 6.45) is 3.96. The first-order valence-corrected chi connectivity index (χ1v) is 9.41. The third-order valence-corrected chi connectivity index (χ3v) is 3.96. The summed E-state index contributed by atoms with van der Waals surface area (Å²) in [5.74, 6) is 1.83. The predicted octanol–water partition coefficient (Wildman–Crippen LogP) is 3.91. The van der Waals surface area contributed by atoms with Gasteiger partial charge < -0.3 is 19.9 Å². The number of rotatable bonds is 10. The number of benzene rings is 1. The Kier molecular flexibility index (Phi) is 11.8. The first-order valence-electron chi connectivity index (χ1n) is 9.41. The van der Waals surface area contributed by atoms with Crippen molar-refractivity contribution in [3.8, 4) is 11.3 Å². The highest BCUT2D eigenvalue weighted by molar-refractivity contribution is 14.0. The van der Waals surface area contributed by atoms with Gasteiger partial charge in [0.25, 0.3) is 0 Å². The summed E-state index contributed by atoms with van der Waals surface area (Å²) >= 11 is 0. The first kappa shape index (κ1) is 23.4. The molecule has 7 heteroatoms. The van der Waals surface area contributed by atoms with E-state index >= 15 is 0 Å². The largest absolute Gasteiger partial charge is 0.382 e.